The van der Waals surface area contributed by atoms with E-state index in [0.717, 1.165) is 38.4 Å². The average Bonchev–Trinajstić information content (AvgIpc) is 2.59. The number of rotatable bonds is 7. The molecule has 1 saturated heterocycles. The Morgan fingerprint density at radius 2 is 1.68 bits per heavy atom. The number of ether oxygens (including phenoxy) is 1. The van der Waals surface area contributed by atoms with E-state index >= 15 is 0 Å². The normalized spacial score (nSPS) is 14.0. The van der Waals surface area contributed by atoms with Crippen molar-refractivity contribution in [3.8, 4) is 0 Å². The van der Waals surface area contributed by atoms with Gasteiger partial charge in [-0.25, -0.2) is 0 Å². The van der Waals surface area contributed by atoms with Crippen molar-refractivity contribution in [3.63, 3.8) is 0 Å². The van der Waals surface area contributed by atoms with Crippen molar-refractivity contribution in [1.29, 1.82) is 0 Å². The molecule has 0 spiro atoms. The molecule has 2 rings (SSSR count). The van der Waals surface area contributed by atoms with Gasteiger partial charge in [-0.3, -0.25) is 14.5 Å². The van der Waals surface area contributed by atoms with Crippen LogP contribution < -0.4 is 16.4 Å². The molecule has 4 N–H and O–H groups in total. The lowest BCUT2D eigenvalue weighted by atomic mass is 10.1. The molecule has 1 aliphatic heterocycles. The fraction of sp³-hybridized carbons (Fsp3) is 0.500. The maximum absolute atomic E-state index is 11.7. The van der Waals surface area contributed by atoms with Crippen LogP contribution in [0.25, 0.3) is 0 Å². The van der Waals surface area contributed by atoms with Gasteiger partial charge in [0.2, 0.25) is 11.8 Å². The third kappa shape index (κ3) is 8.51. The topological polar surface area (TPSA) is 96.7 Å². The first-order valence-corrected chi connectivity index (χ1v) is 7.79. The largest absolute Gasteiger partial charge is 0.379 e. The van der Waals surface area contributed by atoms with E-state index in [2.05, 4.69) is 21.6 Å². The van der Waals surface area contributed by atoms with Crippen molar-refractivity contribution in [1.82, 2.24) is 15.5 Å². The molecule has 1 aliphatic rings. The van der Waals surface area contributed by atoms with Crippen molar-refractivity contribution >= 4 is 36.6 Å². The van der Waals surface area contributed by atoms with Crippen LogP contribution in [0.1, 0.15) is 11.1 Å². The molecule has 1 heterocycles. The van der Waals surface area contributed by atoms with E-state index in [1.807, 2.05) is 18.2 Å². The molecule has 0 bridgehead atoms. The smallest absolute Gasteiger partial charge is 0.239 e. The van der Waals surface area contributed by atoms with Gasteiger partial charge in [-0.05, 0) is 11.1 Å². The highest BCUT2D eigenvalue weighted by molar-refractivity contribution is 5.86. The second-order valence-electron chi connectivity index (χ2n) is 5.41. The second-order valence-corrected chi connectivity index (χ2v) is 5.41. The zero-order valence-electron chi connectivity index (χ0n) is 14.0. The van der Waals surface area contributed by atoms with Gasteiger partial charge in [0.25, 0.3) is 0 Å². The number of amides is 2. The number of benzene rings is 1. The Bertz CT molecular complexity index is 540. The summed E-state index contributed by atoms with van der Waals surface area (Å²) in [5.41, 5.74) is 7.45. The predicted molar refractivity (Wildman–Crippen MR) is 101 cm³/mol. The molecular weight excluding hydrogens is 367 g/mol. The Morgan fingerprint density at radius 3 is 2.32 bits per heavy atom. The number of nitrogens with zero attached hydrogens (tertiary/aromatic N) is 1. The van der Waals surface area contributed by atoms with Crippen molar-refractivity contribution in [2.24, 2.45) is 5.73 Å². The molecule has 0 aliphatic carbocycles. The van der Waals surface area contributed by atoms with Gasteiger partial charge in [0.15, 0.2) is 0 Å². The number of carbonyl (C=O) groups excluding carboxylic acids is 2. The summed E-state index contributed by atoms with van der Waals surface area (Å²) in [6.45, 7) is 4.49. The van der Waals surface area contributed by atoms with Crippen LogP contribution in [0.4, 0.5) is 0 Å². The van der Waals surface area contributed by atoms with Crippen LogP contribution >= 0.6 is 24.8 Å². The molecule has 1 fully saturated rings. The van der Waals surface area contributed by atoms with E-state index in [9.17, 15) is 9.59 Å². The van der Waals surface area contributed by atoms with Crippen molar-refractivity contribution in [2.75, 3.05) is 39.4 Å². The van der Waals surface area contributed by atoms with Crippen LogP contribution in [0.15, 0.2) is 24.3 Å². The van der Waals surface area contributed by atoms with E-state index in [-0.39, 0.29) is 49.7 Å². The predicted octanol–water partition coefficient (Wildman–Crippen LogP) is 0.0535. The number of hydrogen-bond donors (Lipinski definition) is 3. The molecule has 0 saturated carbocycles. The van der Waals surface area contributed by atoms with E-state index in [4.69, 9.17) is 10.5 Å². The van der Waals surface area contributed by atoms with Crippen molar-refractivity contribution in [2.45, 2.75) is 13.1 Å². The summed E-state index contributed by atoms with van der Waals surface area (Å²) in [6.07, 6.45) is 0. The van der Waals surface area contributed by atoms with Crippen LogP contribution in [0, 0.1) is 0 Å². The lowest BCUT2D eigenvalue weighted by Crippen LogP contribution is -2.39. The summed E-state index contributed by atoms with van der Waals surface area (Å²) < 4.78 is 5.36. The SMILES string of the molecule is Cl.Cl.NCC(=O)NCC(=O)NCc1ccccc1CN1CCOCC1. The summed E-state index contributed by atoms with van der Waals surface area (Å²) in [7, 11) is 0. The molecule has 0 aromatic heterocycles. The van der Waals surface area contributed by atoms with E-state index in [0.29, 0.717) is 6.54 Å². The van der Waals surface area contributed by atoms with Crippen LogP contribution in [-0.4, -0.2) is 56.1 Å². The van der Waals surface area contributed by atoms with E-state index in [1.165, 1.54) is 5.56 Å². The van der Waals surface area contributed by atoms with Crippen LogP contribution in [0.3, 0.4) is 0 Å². The first kappa shape index (κ1) is 23.6. The highest BCUT2D eigenvalue weighted by atomic mass is 35.5. The van der Waals surface area contributed by atoms with Crippen LogP contribution in [-0.2, 0) is 27.4 Å². The number of halogens is 2. The Kier molecular flexibility index (Phi) is 12.2. The molecule has 142 valence electrons. The fourth-order valence-electron chi connectivity index (χ4n) is 2.39. The van der Waals surface area contributed by atoms with Crippen LogP contribution in [0.5, 0.6) is 0 Å². The van der Waals surface area contributed by atoms with Crippen LogP contribution in [0.2, 0.25) is 0 Å². The van der Waals surface area contributed by atoms with Gasteiger partial charge < -0.3 is 21.1 Å². The summed E-state index contributed by atoms with van der Waals surface area (Å²) in [6, 6.07) is 8.05. The molecule has 9 heteroatoms. The first-order chi connectivity index (χ1) is 11.2. The van der Waals surface area contributed by atoms with Crippen molar-refractivity contribution < 1.29 is 14.3 Å². The number of nitrogens with one attached hydrogen (secondary N) is 2. The minimum absolute atomic E-state index is 0. The standard InChI is InChI=1S/C16H24N4O3.2ClH/c17-9-15(21)19-11-16(22)18-10-13-3-1-2-4-14(13)12-20-5-7-23-8-6-20;;/h1-4H,5-12,17H2,(H,18,22)(H,19,21);2*1H. The zero-order valence-corrected chi connectivity index (χ0v) is 15.7. The first-order valence-electron chi connectivity index (χ1n) is 7.79. The van der Waals surface area contributed by atoms with Crippen molar-refractivity contribution in [3.05, 3.63) is 35.4 Å². The molecule has 0 unspecified atom stereocenters. The molecule has 0 atom stereocenters. The Hall–Kier alpha value is -1.38. The minimum atomic E-state index is -0.340. The lowest BCUT2D eigenvalue weighted by molar-refractivity contribution is -0.125. The molecule has 25 heavy (non-hydrogen) atoms. The summed E-state index contributed by atoms with van der Waals surface area (Å²) >= 11 is 0. The zero-order chi connectivity index (χ0) is 16.5. The van der Waals surface area contributed by atoms with E-state index < -0.39 is 0 Å². The minimum Gasteiger partial charge on any atom is -0.379 e. The lowest BCUT2D eigenvalue weighted by Gasteiger charge is -2.27. The van der Waals surface area contributed by atoms with Gasteiger partial charge in [0.05, 0.1) is 26.3 Å². The number of carbonyl (C=O) groups is 2. The van der Waals surface area contributed by atoms with Gasteiger partial charge >= 0.3 is 0 Å². The molecule has 2 amide bonds. The maximum atomic E-state index is 11.7. The number of morpholine rings is 1. The molecule has 7 nitrogen and oxygen atoms in total. The quantitative estimate of drug-likeness (QED) is 0.609. The molecular formula is C16H26Cl2N4O3. The Morgan fingerprint density at radius 1 is 1.04 bits per heavy atom. The number of hydrogen-bond acceptors (Lipinski definition) is 5. The summed E-state index contributed by atoms with van der Waals surface area (Å²) in [5.74, 6) is -0.569. The van der Waals surface area contributed by atoms with E-state index in [1.54, 1.807) is 0 Å². The molecule has 1 aromatic rings. The number of nitrogens with two attached hydrogens (primary N) is 1. The average molecular weight is 393 g/mol. The maximum Gasteiger partial charge on any atom is 0.239 e. The Labute approximate surface area is 160 Å². The Balaban J connectivity index is 0.00000288. The molecule has 0 radical (unpaired) electrons. The van der Waals surface area contributed by atoms with Gasteiger partial charge in [0.1, 0.15) is 0 Å². The third-order valence-electron chi connectivity index (χ3n) is 3.72. The second kappa shape index (κ2) is 12.9. The monoisotopic (exact) mass is 392 g/mol. The van der Waals surface area contributed by atoms with Gasteiger partial charge in [-0.2, -0.15) is 0 Å². The summed E-state index contributed by atoms with van der Waals surface area (Å²) in [4.78, 5) is 25.1. The highest BCUT2D eigenvalue weighted by Crippen LogP contribution is 2.12. The third-order valence-corrected chi connectivity index (χ3v) is 3.72. The van der Waals surface area contributed by atoms with Gasteiger partial charge in [-0.1, -0.05) is 24.3 Å². The summed E-state index contributed by atoms with van der Waals surface area (Å²) in [5, 5.41) is 5.27. The highest BCUT2D eigenvalue weighted by Gasteiger charge is 2.13. The fourth-order valence-corrected chi connectivity index (χ4v) is 2.39. The molecule has 1 aromatic carbocycles. The van der Waals surface area contributed by atoms with Gasteiger partial charge in [-0.15, -0.1) is 24.8 Å². The van der Waals surface area contributed by atoms with Gasteiger partial charge in [0, 0.05) is 26.2 Å².